The van der Waals surface area contributed by atoms with E-state index in [1.807, 2.05) is 0 Å². The first-order chi connectivity index (χ1) is 7.43. The Labute approximate surface area is 92.8 Å². The highest BCUT2D eigenvalue weighted by Crippen LogP contribution is 2.72. The van der Waals surface area contributed by atoms with Crippen molar-refractivity contribution >= 4 is 0 Å². The zero-order valence-corrected chi connectivity index (χ0v) is 9.57. The summed E-state index contributed by atoms with van der Waals surface area (Å²) < 4.78 is 0. The summed E-state index contributed by atoms with van der Waals surface area (Å²) in [6, 6.07) is 0. The SMILES string of the molecule is C1CC2C(C1)[C@@H]1C[C@H]2C2C1[C@H]1CC[C@@H]2C1. The Kier molecular flexibility index (Phi) is 1.34. The molecule has 0 nitrogen and oxygen atoms in total. The van der Waals surface area contributed by atoms with Gasteiger partial charge in [-0.2, -0.15) is 0 Å². The van der Waals surface area contributed by atoms with Gasteiger partial charge in [0.2, 0.25) is 0 Å². The Bertz CT molecular complexity index is 279. The third-order valence-corrected chi connectivity index (χ3v) is 7.30. The monoisotopic (exact) mass is 202 g/mol. The fraction of sp³-hybridized carbons (Fsp3) is 1.00. The van der Waals surface area contributed by atoms with Crippen LogP contribution in [0.2, 0.25) is 0 Å². The lowest BCUT2D eigenvalue weighted by atomic mass is 9.64. The first-order valence-corrected chi connectivity index (χ1v) is 7.43. The Balaban J connectivity index is 1.59. The average molecular weight is 202 g/mol. The van der Waals surface area contributed by atoms with E-state index in [9.17, 15) is 0 Å². The van der Waals surface area contributed by atoms with E-state index in [-0.39, 0.29) is 0 Å². The van der Waals surface area contributed by atoms with Crippen LogP contribution < -0.4 is 0 Å². The number of fused-ring (bicyclic) bond motifs is 12. The maximum absolute atomic E-state index is 1.68. The van der Waals surface area contributed by atoms with Gasteiger partial charge in [-0.15, -0.1) is 0 Å². The van der Waals surface area contributed by atoms with Crippen LogP contribution in [0.15, 0.2) is 0 Å². The van der Waals surface area contributed by atoms with E-state index in [0.29, 0.717) is 0 Å². The van der Waals surface area contributed by atoms with Crippen molar-refractivity contribution in [2.24, 2.45) is 47.3 Å². The van der Waals surface area contributed by atoms with Crippen molar-refractivity contribution in [2.75, 3.05) is 0 Å². The number of hydrogen-bond acceptors (Lipinski definition) is 0. The zero-order valence-electron chi connectivity index (χ0n) is 9.57. The van der Waals surface area contributed by atoms with Gasteiger partial charge < -0.3 is 0 Å². The van der Waals surface area contributed by atoms with E-state index in [1.54, 1.807) is 44.9 Å². The molecule has 5 rings (SSSR count). The summed E-state index contributed by atoms with van der Waals surface area (Å²) in [4.78, 5) is 0. The Hall–Kier alpha value is 0. The number of hydrogen-bond donors (Lipinski definition) is 0. The first-order valence-electron chi connectivity index (χ1n) is 7.43. The third-order valence-electron chi connectivity index (χ3n) is 7.30. The van der Waals surface area contributed by atoms with Crippen LogP contribution in [0.4, 0.5) is 0 Å². The van der Waals surface area contributed by atoms with Crippen LogP contribution in [0, 0.1) is 47.3 Å². The lowest BCUT2D eigenvalue weighted by Crippen LogP contribution is -2.35. The molecule has 0 aliphatic heterocycles. The van der Waals surface area contributed by atoms with Crippen molar-refractivity contribution in [3.05, 3.63) is 0 Å². The highest BCUT2D eigenvalue weighted by Gasteiger charge is 2.65. The molecule has 0 aromatic carbocycles. The fourth-order valence-electron chi connectivity index (χ4n) is 7.28. The predicted octanol–water partition coefficient (Wildman–Crippen LogP) is 3.71. The third kappa shape index (κ3) is 0.775. The van der Waals surface area contributed by atoms with Crippen LogP contribution in [0.1, 0.15) is 44.9 Å². The standard InChI is InChI=1S/C15H22/c1-2-10-11(3-1)13-7-12(10)14-8-4-5-9(6-8)15(13)14/h8-15H,1-7H2/t8-,9+,10?,11?,12-,13+,14?,15?. The van der Waals surface area contributed by atoms with Gasteiger partial charge in [-0.05, 0) is 85.9 Å². The molecule has 0 heteroatoms. The lowest BCUT2D eigenvalue weighted by molar-refractivity contribution is 0.0716. The van der Waals surface area contributed by atoms with Crippen LogP contribution >= 0.6 is 0 Å². The van der Waals surface area contributed by atoms with E-state index >= 15 is 0 Å². The fourth-order valence-corrected chi connectivity index (χ4v) is 7.28. The zero-order chi connectivity index (χ0) is 9.57. The maximum Gasteiger partial charge on any atom is -0.0321 e. The van der Waals surface area contributed by atoms with Crippen molar-refractivity contribution in [3.63, 3.8) is 0 Å². The normalized spacial score (nSPS) is 68.8. The van der Waals surface area contributed by atoms with E-state index < -0.39 is 0 Å². The van der Waals surface area contributed by atoms with Gasteiger partial charge in [-0.25, -0.2) is 0 Å². The van der Waals surface area contributed by atoms with E-state index in [2.05, 4.69) is 0 Å². The lowest BCUT2D eigenvalue weighted by Gasteiger charge is -2.40. The molecule has 0 spiro atoms. The minimum atomic E-state index is 1.21. The minimum Gasteiger partial charge on any atom is -0.0527 e. The summed E-state index contributed by atoms with van der Waals surface area (Å²) in [6.45, 7) is 0. The molecular weight excluding hydrogens is 180 g/mol. The van der Waals surface area contributed by atoms with Gasteiger partial charge >= 0.3 is 0 Å². The van der Waals surface area contributed by atoms with Gasteiger partial charge in [0.15, 0.2) is 0 Å². The van der Waals surface area contributed by atoms with Crippen molar-refractivity contribution < 1.29 is 0 Å². The second-order valence-electron chi connectivity index (χ2n) is 7.31. The quantitative estimate of drug-likeness (QED) is 0.525. The van der Waals surface area contributed by atoms with Crippen molar-refractivity contribution in [1.29, 1.82) is 0 Å². The smallest absolute Gasteiger partial charge is 0.0321 e. The number of rotatable bonds is 0. The minimum absolute atomic E-state index is 1.21. The topological polar surface area (TPSA) is 0 Å². The van der Waals surface area contributed by atoms with Crippen molar-refractivity contribution in [2.45, 2.75) is 44.9 Å². The maximum atomic E-state index is 1.68. The van der Waals surface area contributed by atoms with Gasteiger partial charge in [-0.3, -0.25) is 0 Å². The molecule has 0 saturated heterocycles. The van der Waals surface area contributed by atoms with Gasteiger partial charge in [0.1, 0.15) is 0 Å². The van der Waals surface area contributed by atoms with Crippen LogP contribution in [0.3, 0.4) is 0 Å². The second-order valence-corrected chi connectivity index (χ2v) is 7.31. The highest BCUT2D eigenvalue weighted by atomic mass is 14.7. The molecule has 5 saturated carbocycles. The van der Waals surface area contributed by atoms with Gasteiger partial charge in [0.05, 0.1) is 0 Å². The summed E-state index contributed by atoms with van der Waals surface area (Å²) in [5, 5.41) is 0. The largest absolute Gasteiger partial charge is 0.0527 e. The summed E-state index contributed by atoms with van der Waals surface area (Å²) in [6.07, 6.45) is 11.4. The molecule has 0 N–H and O–H groups in total. The molecule has 4 bridgehead atoms. The second kappa shape index (κ2) is 2.46. The molecule has 5 aliphatic rings. The van der Waals surface area contributed by atoms with Gasteiger partial charge in [-0.1, -0.05) is 6.42 Å². The van der Waals surface area contributed by atoms with Gasteiger partial charge in [0.25, 0.3) is 0 Å². The molecule has 0 radical (unpaired) electrons. The summed E-state index contributed by atoms with van der Waals surface area (Å²) in [5.41, 5.74) is 0. The molecule has 5 fully saturated rings. The van der Waals surface area contributed by atoms with Crippen LogP contribution in [-0.2, 0) is 0 Å². The van der Waals surface area contributed by atoms with E-state index in [0.717, 1.165) is 0 Å². The summed E-state index contributed by atoms with van der Waals surface area (Å²) in [7, 11) is 0. The molecule has 5 aliphatic carbocycles. The van der Waals surface area contributed by atoms with E-state index in [4.69, 9.17) is 0 Å². The first kappa shape index (κ1) is 8.14. The van der Waals surface area contributed by atoms with Crippen LogP contribution in [-0.4, -0.2) is 0 Å². The summed E-state index contributed by atoms with van der Waals surface area (Å²) in [5.74, 6) is 9.78. The Morgan fingerprint density at radius 1 is 0.533 bits per heavy atom. The molecular formula is C15H22. The summed E-state index contributed by atoms with van der Waals surface area (Å²) >= 11 is 0. The molecule has 4 unspecified atom stereocenters. The van der Waals surface area contributed by atoms with Crippen molar-refractivity contribution in [3.8, 4) is 0 Å². The molecule has 0 amide bonds. The van der Waals surface area contributed by atoms with Crippen molar-refractivity contribution in [1.82, 2.24) is 0 Å². The molecule has 8 atom stereocenters. The van der Waals surface area contributed by atoms with Gasteiger partial charge in [0, 0.05) is 0 Å². The predicted molar refractivity (Wildman–Crippen MR) is 60.2 cm³/mol. The molecule has 0 aromatic rings. The molecule has 82 valence electrons. The van der Waals surface area contributed by atoms with E-state index in [1.165, 1.54) is 47.3 Å². The molecule has 0 aromatic heterocycles. The van der Waals surface area contributed by atoms with Crippen LogP contribution in [0.25, 0.3) is 0 Å². The average Bonchev–Trinajstić information content (AvgIpc) is 3.03. The molecule has 0 heterocycles. The van der Waals surface area contributed by atoms with Crippen LogP contribution in [0.5, 0.6) is 0 Å². The Morgan fingerprint density at radius 3 is 1.73 bits per heavy atom. The Morgan fingerprint density at radius 2 is 1.13 bits per heavy atom. The highest BCUT2D eigenvalue weighted by molar-refractivity contribution is 5.14. The molecule has 15 heavy (non-hydrogen) atoms.